The fourth-order valence-corrected chi connectivity index (χ4v) is 4.61. The van der Waals surface area contributed by atoms with Crippen molar-refractivity contribution in [3.8, 4) is 0 Å². The van der Waals surface area contributed by atoms with E-state index in [0.29, 0.717) is 17.9 Å². The molecule has 6 heteroatoms. The molecular formula is C28H29ClN2O3. The molecule has 1 fully saturated rings. The second-order valence-electron chi connectivity index (χ2n) is 8.80. The van der Waals surface area contributed by atoms with E-state index >= 15 is 0 Å². The maximum absolute atomic E-state index is 11.1. The Hall–Kier alpha value is -2.99. The van der Waals surface area contributed by atoms with Gasteiger partial charge in [0.05, 0.1) is 12.0 Å². The molecule has 4 rings (SSSR count). The van der Waals surface area contributed by atoms with Crippen LogP contribution in [0, 0.1) is 0 Å². The summed E-state index contributed by atoms with van der Waals surface area (Å²) in [5.74, 6) is -0.833. The second kappa shape index (κ2) is 11.0. The third kappa shape index (κ3) is 6.11. The largest absolute Gasteiger partial charge is 0.481 e. The number of pyridine rings is 1. The standard InChI is InChI=1S/C28H29ClN2O3/c29-25-11-9-24(10-12-25)28(34)13-17-31(18-14-28)16-2-4-26(23-3-1-15-30-20-23)22-7-5-21(6-8-22)19-27(32)33/h1,3-12,15,20,34H,2,13-14,16-19H2,(H,32,33)/b26-4-. The van der Waals surface area contributed by atoms with Crippen LogP contribution in [0.4, 0.5) is 0 Å². The zero-order chi connectivity index (χ0) is 24.0. The number of hydrogen-bond acceptors (Lipinski definition) is 4. The average Bonchev–Trinajstić information content (AvgIpc) is 2.84. The molecule has 1 aromatic heterocycles. The van der Waals surface area contributed by atoms with Crippen molar-refractivity contribution >= 4 is 23.1 Å². The smallest absolute Gasteiger partial charge is 0.307 e. The Morgan fingerprint density at radius 2 is 1.74 bits per heavy atom. The lowest BCUT2D eigenvalue weighted by atomic mass is 9.84. The van der Waals surface area contributed by atoms with E-state index in [1.54, 1.807) is 6.20 Å². The lowest BCUT2D eigenvalue weighted by Gasteiger charge is -2.38. The molecule has 2 aromatic carbocycles. The molecule has 1 aliphatic heterocycles. The van der Waals surface area contributed by atoms with Crippen molar-refractivity contribution in [1.82, 2.24) is 9.88 Å². The number of carboxylic acids is 1. The highest BCUT2D eigenvalue weighted by Crippen LogP contribution is 2.33. The van der Waals surface area contributed by atoms with Crippen LogP contribution in [0.1, 0.15) is 41.5 Å². The highest BCUT2D eigenvalue weighted by Gasteiger charge is 2.33. The van der Waals surface area contributed by atoms with Crippen molar-refractivity contribution in [1.29, 1.82) is 0 Å². The van der Waals surface area contributed by atoms with Crippen molar-refractivity contribution in [2.24, 2.45) is 0 Å². The zero-order valence-electron chi connectivity index (χ0n) is 19.0. The van der Waals surface area contributed by atoms with Crippen LogP contribution in [-0.2, 0) is 16.8 Å². The van der Waals surface area contributed by atoms with E-state index < -0.39 is 11.6 Å². The van der Waals surface area contributed by atoms with E-state index in [2.05, 4.69) is 16.0 Å². The first kappa shape index (κ1) is 24.1. The third-order valence-corrected chi connectivity index (χ3v) is 6.70. The number of halogens is 1. The van der Waals surface area contributed by atoms with Gasteiger partial charge in [-0.1, -0.05) is 60.1 Å². The predicted octanol–water partition coefficient (Wildman–Crippen LogP) is 5.17. The van der Waals surface area contributed by atoms with Gasteiger partial charge in [0, 0.05) is 42.6 Å². The molecule has 3 aromatic rings. The Kier molecular flexibility index (Phi) is 7.78. The van der Waals surface area contributed by atoms with Gasteiger partial charge < -0.3 is 15.1 Å². The third-order valence-electron chi connectivity index (χ3n) is 6.45. The molecule has 0 amide bonds. The van der Waals surface area contributed by atoms with Gasteiger partial charge in [0.1, 0.15) is 0 Å². The van der Waals surface area contributed by atoms with E-state index in [4.69, 9.17) is 16.7 Å². The van der Waals surface area contributed by atoms with Gasteiger partial charge in [-0.3, -0.25) is 9.78 Å². The summed E-state index contributed by atoms with van der Waals surface area (Å²) in [5.41, 5.74) is 4.08. The molecule has 0 bridgehead atoms. The van der Waals surface area contributed by atoms with Crippen LogP contribution in [-0.4, -0.2) is 45.7 Å². The van der Waals surface area contributed by atoms with Gasteiger partial charge in [-0.2, -0.15) is 0 Å². The molecule has 0 saturated carbocycles. The van der Waals surface area contributed by atoms with Gasteiger partial charge in [0.2, 0.25) is 0 Å². The number of carbonyl (C=O) groups is 1. The van der Waals surface area contributed by atoms with Gasteiger partial charge in [-0.25, -0.2) is 0 Å². The number of aromatic nitrogens is 1. The zero-order valence-corrected chi connectivity index (χ0v) is 19.8. The maximum atomic E-state index is 11.1. The molecule has 2 N–H and O–H groups in total. The molecule has 176 valence electrons. The number of aliphatic hydroxyl groups is 1. The number of carboxylic acid groups (broad SMARTS) is 1. The van der Waals surface area contributed by atoms with Crippen LogP contribution in [0.5, 0.6) is 0 Å². The van der Waals surface area contributed by atoms with E-state index in [9.17, 15) is 9.90 Å². The fraction of sp³-hybridized carbons (Fsp3) is 0.286. The second-order valence-corrected chi connectivity index (χ2v) is 9.23. The van der Waals surface area contributed by atoms with Gasteiger partial charge >= 0.3 is 5.97 Å². The Balaban J connectivity index is 1.41. The summed E-state index contributed by atoms with van der Waals surface area (Å²) in [6, 6.07) is 19.2. The fourth-order valence-electron chi connectivity index (χ4n) is 4.49. The molecule has 2 heterocycles. The molecule has 1 saturated heterocycles. The first-order valence-electron chi connectivity index (χ1n) is 11.6. The minimum atomic E-state index is -0.833. The molecule has 1 aliphatic rings. The van der Waals surface area contributed by atoms with Gasteiger partial charge in [-0.15, -0.1) is 0 Å². The lowest BCUT2D eigenvalue weighted by molar-refractivity contribution is -0.136. The number of rotatable bonds is 8. The number of piperidine rings is 1. The van der Waals surface area contributed by atoms with Gasteiger partial charge in [0.15, 0.2) is 0 Å². The van der Waals surface area contributed by atoms with Crippen LogP contribution in [0.2, 0.25) is 5.02 Å². The molecule has 0 unspecified atom stereocenters. The summed E-state index contributed by atoms with van der Waals surface area (Å²) in [6.45, 7) is 2.57. The molecule has 0 spiro atoms. The van der Waals surface area contributed by atoms with Crippen LogP contribution >= 0.6 is 11.6 Å². The van der Waals surface area contributed by atoms with Crippen molar-refractivity contribution in [2.45, 2.75) is 31.3 Å². The quantitative estimate of drug-likeness (QED) is 0.469. The van der Waals surface area contributed by atoms with Gasteiger partial charge in [0.25, 0.3) is 0 Å². The van der Waals surface area contributed by atoms with E-state index in [0.717, 1.165) is 53.9 Å². The molecule has 0 atom stereocenters. The predicted molar refractivity (Wildman–Crippen MR) is 135 cm³/mol. The van der Waals surface area contributed by atoms with E-state index in [1.807, 2.05) is 66.9 Å². The number of aliphatic carboxylic acids is 1. The van der Waals surface area contributed by atoms with Crippen molar-refractivity contribution in [3.05, 3.63) is 106 Å². The molecule has 5 nitrogen and oxygen atoms in total. The van der Waals surface area contributed by atoms with Crippen LogP contribution in [0.15, 0.2) is 79.1 Å². The first-order valence-corrected chi connectivity index (χ1v) is 11.9. The summed E-state index contributed by atoms with van der Waals surface area (Å²) in [6.07, 6.45) is 8.10. The lowest BCUT2D eigenvalue weighted by Crippen LogP contribution is -2.42. The monoisotopic (exact) mass is 476 g/mol. The highest BCUT2D eigenvalue weighted by atomic mass is 35.5. The summed E-state index contributed by atoms with van der Waals surface area (Å²) < 4.78 is 0. The van der Waals surface area contributed by atoms with Crippen LogP contribution < -0.4 is 0 Å². The minimum absolute atomic E-state index is 0.0174. The Bertz CT molecular complexity index is 1120. The average molecular weight is 477 g/mol. The first-order chi connectivity index (χ1) is 16.4. The van der Waals surface area contributed by atoms with Crippen molar-refractivity contribution < 1.29 is 15.0 Å². The SMILES string of the molecule is O=C(O)Cc1ccc(/C(=C/CCN2CCC(O)(c3ccc(Cl)cc3)CC2)c2cccnc2)cc1. The summed E-state index contributed by atoms with van der Waals surface area (Å²) in [4.78, 5) is 17.6. The number of likely N-dealkylation sites (tertiary alicyclic amines) is 1. The van der Waals surface area contributed by atoms with Gasteiger partial charge in [-0.05, 0) is 59.7 Å². The van der Waals surface area contributed by atoms with Crippen LogP contribution in [0.25, 0.3) is 5.57 Å². The number of benzene rings is 2. The van der Waals surface area contributed by atoms with Crippen molar-refractivity contribution in [2.75, 3.05) is 19.6 Å². The maximum Gasteiger partial charge on any atom is 0.307 e. The minimum Gasteiger partial charge on any atom is -0.481 e. The van der Waals surface area contributed by atoms with Crippen molar-refractivity contribution in [3.63, 3.8) is 0 Å². The van der Waals surface area contributed by atoms with Crippen LogP contribution in [0.3, 0.4) is 0 Å². The molecule has 34 heavy (non-hydrogen) atoms. The summed E-state index contributed by atoms with van der Waals surface area (Å²) in [5, 5.41) is 20.8. The summed E-state index contributed by atoms with van der Waals surface area (Å²) in [7, 11) is 0. The molecular weight excluding hydrogens is 448 g/mol. The molecule has 0 aliphatic carbocycles. The Labute approximate surface area is 205 Å². The Morgan fingerprint density at radius 3 is 2.35 bits per heavy atom. The normalized spacial score (nSPS) is 16.4. The Morgan fingerprint density at radius 1 is 1.03 bits per heavy atom. The highest BCUT2D eigenvalue weighted by molar-refractivity contribution is 6.30. The molecule has 0 radical (unpaired) electrons. The van der Waals surface area contributed by atoms with E-state index in [-0.39, 0.29) is 6.42 Å². The summed E-state index contributed by atoms with van der Waals surface area (Å²) >= 11 is 6.00. The number of nitrogens with zero attached hydrogens (tertiary/aromatic N) is 2. The number of hydrogen-bond donors (Lipinski definition) is 2. The van der Waals surface area contributed by atoms with E-state index in [1.165, 1.54) is 0 Å². The topological polar surface area (TPSA) is 73.7 Å².